The fourth-order valence-electron chi connectivity index (χ4n) is 1.64. The number of hydrogen-bond donors (Lipinski definition) is 2. The van der Waals surface area contributed by atoms with E-state index in [1.165, 1.54) is 31.2 Å². The van der Waals surface area contributed by atoms with E-state index >= 15 is 0 Å². The molecule has 0 saturated heterocycles. The van der Waals surface area contributed by atoms with E-state index in [1.807, 2.05) is 6.07 Å². The van der Waals surface area contributed by atoms with Gasteiger partial charge in [-0.1, -0.05) is 6.07 Å². The Labute approximate surface area is 117 Å². The van der Waals surface area contributed by atoms with Crippen molar-refractivity contribution >= 4 is 15.9 Å². The largest absolute Gasteiger partial charge is 0.352 e. The molecule has 1 aromatic rings. The molecule has 0 heterocycles. The van der Waals surface area contributed by atoms with E-state index in [4.69, 9.17) is 5.26 Å². The van der Waals surface area contributed by atoms with Crippen molar-refractivity contribution < 1.29 is 13.2 Å². The summed E-state index contributed by atoms with van der Waals surface area (Å²) in [6, 6.07) is 6.86. The molecule has 20 heavy (non-hydrogen) atoms. The minimum atomic E-state index is -3.81. The van der Waals surface area contributed by atoms with Crippen LogP contribution in [0.1, 0.15) is 25.3 Å². The fraction of sp³-hybridized carbons (Fsp3) is 0.385. The molecule has 0 aliphatic heterocycles. The second kappa shape index (κ2) is 5.61. The molecule has 0 radical (unpaired) electrons. The van der Waals surface area contributed by atoms with Gasteiger partial charge in [-0.25, -0.2) is 8.42 Å². The van der Waals surface area contributed by atoms with E-state index in [0.717, 1.165) is 12.8 Å². The Morgan fingerprint density at radius 1 is 1.45 bits per heavy atom. The van der Waals surface area contributed by atoms with Gasteiger partial charge in [0.25, 0.3) is 0 Å². The Balaban J connectivity index is 2.09. The minimum Gasteiger partial charge on any atom is -0.352 e. The van der Waals surface area contributed by atoms with Gasteiger partial charge in [0.2, 0.25) is 15.9 Å². The summed E-state index contributed by atoms with van der Waals surface area (Å²) in [5, 5.41) is 11.5. The van der Waals surface area contributed by atoms with E-state index in [-0.39, 0.29) is 22.4 Å². The van der Waals surface area contributed by atoms with Crippen molar-refractivity contribution in [1.29, 1.82) is 5.26 Å². The van der Waals surface area contributed by atoms with Gasteiger partial charge in [-0.3, -0.25) is 4.79 Å². The zero-order valence-electron chi connectivity index (χ0n) is 11.0. The quantitative estimate of drug-likeness (QED) is 0.826. The summed E-state index contributed by atoms with van der Waals surface area (Å²) >= 11 is 0. The Hall–Kier alpha value is -1.91. The zero-order chi connectivity index (χ0) is 14.8. The Kier molecular flexibility index (Phi) is 4.06. The van der Waals surface area contributed by atoms with Crippen LogP contribution in [0.15, 0.2) is 29.2 Å². The van der Waals surface area contributed by atoms with Crippen LogP contribution in [0.25, 0.3) is 0 Å². The van der Waals surface area contributed by atoms with Crippen molar-refractivity contribution in [2.75, 3.05) is 0 Å². The van der Waals surface area contributed by atoms with Gasteiger partial charge in [-0.2, -0.15) is 9.98 Å². The Bertz CT molecular complexity index is 660. The van der Waals surface area contributed by atoms with Crippen LogP contribution in [0.4, 0.5) is 0 Å². The molecule has 2 rings (SSSR count). The third-order valence-corrected chi connectivity index (χ3v) is 4.46. The lowest BCUT2D eigenvalue weighted by atomic mass is 10.2. The van der Waals surface area contributed by atoms with Gasteiger partial charge in [0.05, 0.1) is 22.6 Å². The highest BCUT2D eigenvalue weighted by Crippen LogP contribution is 2.18. The van der Waals surface area contributed by atoms with Gasteiger partial charge in [0, 0.05) is 6.04 Å². The van der Waals surface area contributed by atoms with Crippen molar-refractivity contribution in [3.05, 3.63) is 29.8 Å². The van der Waals surface area contributed by atoms with Crippen LogP contribution in [-0.2, 0) is 14.8 Å². The maximum absolute atomic E-state index is 12.1. The van der Waals surface area contributed by atoms with E-state index in [2.05, 4.69) is 10.0 Å². The zero-order valence-corrected chi connectivity index (χ0v) is 11.8. The first kappa shape index (κ1) is 14.5. The maximum atomic E-state index is 12.1. The smallest absolute Gasteiger partial charge is 0.241 e. The average Bonchev–Trinajstić information content (AvgIpc) is 3.22. The van der Waals surface area contributed by atoms with E-state index < -0.39 is 16.1 Å². The lowest BCUT2D eigenvalue weighted by Crippen LogP contribution is -2.45. The first-order chi connectivity index (χ1) is 9.42. The van der Waals surface area contributed by atoms with Crippen LogP contribution in [-0.4, -0.2) is 26.4 Å². The second-order valence-electron chi connectivity index (χ2n) is 4.77. The lowest BCUT2D eigenvalue weighted by molar-refractivity contribution is -0.122. The number of amides is 1. The summed E-state index contributed by atoms with van der Waals surface area (Å²) in [4.78, 5) is 11.7. The second-order valence-corrected chi connectivity index (χ2v) is 6.48. The molecule has 2 N–H and O–H groups in total. The molecular formula is C13H15N3O3S. The number of sulfonamides is 1. The molecule has 106 valence electrons. The number of nitrogens with zero attached hydrogens (tertiary/aromatic N) is 1. The third kappa shape index (κ3) is 3.56. The molecule has 1 saturated carbocycles. The molecular weight excluding hydrogens is 278 g/mol. The molecule has 0 bridgehead atoms. The van der Waals surface area contributed by atoms with Gasteiger partial charge in [-0.05, 0) is 38.0 Å². The molecule has 1 fully saturated rings. The predicted molar refractivity (Wildman–Crippen MR) is 72.1 cm³/mol. The van der Waals surface area contributed by atoms with Crippen LogP contribution in [0, 0.1) is 11.3 Å². The molecule has 0 aromatic heterocycles. The van der Waals surface area contributed by atoms with Crippen LogP contribution in [0.5, 0.6) is 0 Å². The van der Waals surface area contributed by atoms with Crippen molar-refractivity contribution in [3.63, 3.8) is 0 Å². The molecule has 1 aliphatic carbocycles. The topological polar surface area (TPSA) is 99.1 Å². The number of carbonyl (C=O) groups is 1. The molecule has 1 unspecified atom stereocenters. The molecule has 0 spiro atoms. The number of nitriles is 1. The normalized spacial score (nSPS) is 16.2. The summed E-state index contributed by atoms with van der Waals surface area (Å²) in [5.41, 5.74) is 0.253. The fourth-order valence-corrected chi connectivity index (χ4v) is 2.89. The highest BCUT2D eigenvalue weighted by molar-refractivity contribution is 7.89. The van der Waals surface area contributed by atoms with Crippen molar-refractivity contribution in [2.24, 2.45) is 0 Å². The Morgan fingerprint density at radius 2 is 2.15 bits per heavy atom. The molecule has 1 aromatic carbocycles. The number of benzene rings is 1. The first-order valence-corrected chi connectivity index (χ1v) is 7.73. The number of carbonyl (C=O) groups excluding carboxylic acids is 1. The summed E-state index contributed by atoms with van der Waals surface area (Å²) in [6.45, 7) is 1.49. The monoisotopic (exact) mass is 293 g/mol. The SMILES string of the molecule is CC(NS(=O)(=O)c1cccc(C#N)c1)C(=O)NC1CC1. The van der Waals surface area contributed by atoms with Crippen molar-refractivity contribution in [2.45, 2.75) is 36.7 Å². The number of rotatable bonds is 5. The molecule has 1 atom stereocenters. The summed E-state index contributed by atoms with van der Waals surface area (Å²) in [7, 11) is -3.81. The van der Waals surface area contributed by atoms with Gasteiger partial charge >= 0.3 is 0 Å². The highest BCUT2D eigenvalue weighted by atomic mass is 32.2. The first-order valence-electron chi connectivity index (χ1n) is 6.25. The highest BCUT2D eigenvalue weighted by Gasteiger charge is 2.28. The average molecular weight is 293 g/mol. The van der Waals surface area contributed by atoms with Crippen molar-refractivity contribution in [3.8, 4) is 6.07 Å². The predicted octanol–water partition coefficient (Wildman–Crippen LogP) is 0.504. The summed E-state index contributed by atoms with van der Waals surface area (Å²) in [5.74, 6) is -0.340. The summed E-state index contributed by atoms with van der Waals surface area (Å²) < 4.78 is 26.5. The van der Waals surface area contributed by atoms with Crippen LogP contribution < -0.4 is 10.0 Å². The van der Waals surface area contributed by atoms with E-state index in [0.29, 0.717) is 0 Å². The molecule has 6 nitrogen and oxygen atoms in total. The summed E-state index contributed by atoms with van der Waals surface area (Å²) in [6.07, 6.45) is 1.88. The lowest BCUT2D eigenvalue weighted by Gasteiger charge is -2.14. The standard InChI is InChI=1S/C13H15N3O3S/c1-9(13(17)15-11-5-6-11)16-20(18,19)12-4-2-3-10(7-12)8-14/h2-4,7,9,11,16H,5-6H2,1H3,(H,15,17). The van der Waals surface area contributed by atoms with E-state index in [9.17, 15) is 13.2 Å². The maximum Gasteiger partial charge on any atom is 0.241 e. The molecule has 7 heteroatoms. The van der Waals surface area contributed by atoms with Crippen LogP contribution in [0.3, 0.4) is 0 Å². The van der Waals surface area contributed by atoms with Crippen LogP contribution >= 0.6 is 0 Å². The van der Waals surface area contributed by atoms with Crippen molar-refractivity contribution in [1.82, 2.24) is 10.0 Å². The van der Waals surface area contributed by atoms with Crippen LogP contribution in [0.2, 0.25) is 0 Å². The van der Waals surface area contributed by atoms with Gasteiger partial charge < -0.3 is 5.32 Å². The van der Waals surface area contributed by atoms with Gasteiger partial charge in [-0.15, -0.1) is 0 Å². The number of nitrogens with one attached hydrogen (secondary N) is 2. The third-order valence-electron chi connectivity index (χ3n) is 2.92. The molecule has 1 amide bonds. The minimum absolute atomic E-state index is 0.0254. The van der Waals surface area contributed by atoms with Gasteiger partial charge in [0.1, 0.15) is 0 Å². The van der Waals surface area contributed by atoms with E-state index in [1.54, 1.807) is 0 Å². The number of hydrogen-bond acceptors (Lipinski definition) is 4. The van der Waals surface area contributed by atoms with Gasteiger partial charge in [0.15, 0.2) is 0 Å². The Morgan fingerprint density at radius 3 is 2.75 bits per heavy atom. The molecule has 1 aliphatic rings.